The van der Waals surface area contributed by atoms with E-state index in [-0.39, 0.29) is 0 Å². The maximum absolute atomic E-state index is 2.36. The van der Waals surface area contributed by atoms with E-state index in [0.29, 0.717) is 6.04 Å². The number of imidazole rings is 1. The first-order valence-corrected chi connectivity index (χ1v) is 9.29. The Morgan fingerprint density at radius 2 is 1.83 bits per heavy atom. The van der Waals surface area contributed by atoms with Crippen molar-refractivity contribution in [3.8, 4) is 0 Å². The number of aromatic nitrogens is 2. The summed E-state index contributed by atoms with van der Waals surface area (Å²) in [7, 11) is 2.06. The van der Waals surface area contributed by atoms with Gasteiger partial charge < -0.3 is 0 Å². The third-order valence-electron chi connectivity index (χ3n) is 3.07. The summed E-state index contributed by atoms with van der Waals surface area (Å²) in [5.41, 5.74) is 0. The van der Waals surface area contributed by atoms with Crippen molar-refractivity contribution in [2.45, 2.75) is 51.6 Å². The molecule has 6 heteroatoms. The Morgan fingerprint density at radius 3 is 2.06 bits per heavy atom. The number of rotatable bonds is 2. The molecule has 0 N–H and O–H groups in total. The monoisotopic (exact) mass is 656 g/mol. The minimum atomic E-state index is 0.564. The molecule has 0 radical (unpaired) electrons. The van der Waals surface area contributed by atoms with Gasteiger partial charge in [-0.15, -0.1) is 0 Å². The maximum atomic E-state index is 2.36. The average Bonchev–Trinajstić information content (AvgIpc) is 2.91. The van der Waals surface area contributed by atoms with E-state index in [9.17, 15) is 0 Å². The first-order chi connectivity index (χ1) is 8.43. The van der Waals surface area contributed by atoms with E-state index < -0.39 is 0 Å². The van der Waals surface area contributed by atoms with E-state index in [4.69, 9.17) is 0 Å². The first kappa shape index (κ1) is 17.4. The van der Waals surface area contributed by atoms with Crippen LogP contribution in [0.1, 0.15) is 45.6 Å². The second-order valence-electron chi connectivity index (χ2n) is 4.85. The van der Waals surface area contributed by atoms with Gasteiger partial charge in [-0.1, -0.05) is 12.8 Å². The molecular weight excluding hydrogens is 635 g/mol. The van der Waals surface area contributed by atoms with Crippen molar-refractivity contribution in [3.63, 3.8) is 0 Å². The van der Waals surface area contributed by atoms with Crippen molar-refractivity contribution in [3.05, 3.63) is 16.2 Å². The average molecular weight is 656 g/mol. The third-order valence-corrected chi connectivity index (χ3v) is 6.04. The van der Waals surface area contributed by atoms with Crippen LogP contribution in [0.4, 0.5) is 0 Å². The Kier molecular flexibility index (Phi) is 8.27. The van der Waals surface area contributed by atoms with Crippen LogP contribution in [0.5, 0.6) is 0 Å². The molecule has 1 saturated carbocycles. The van der Waals surface area contributed by atoms with Gasteiger partial charge in [0.15, 0.2) is 0 Å². The molecule has 18 heavy (non-hydrogen) atoms. The fourth-order valence-corrected chi connectivity index (χ4v) is 3.98. The smallest absolute Gasteiger partial charge is 0.0311 e. The van der Waals surface area contributed by atoms with Gasteiger partial charge in [0.2, 0.25) is 0 Å². The van der Waals surface area contributed by atoms with Gasteiger partial charge in [0, 0.05) is 51.8 Å². The molecule has 1 fully saturated rings. The summed E-state index contributed by atoms with van der Waals surface area (Å²) >= 11 is 7.05. The topological polar surface area (TPSA) is 13.1 Å². The Balaban J connectivity index is 0.000000184. The second-order valence-corrected chi connectivity index (χ2v) is 9.79. The maximum Gasteiger partial charge on any atom is 0.0311 e. The minimum absolute atomic E-state index is 0.564. The van der Waals surface area contributed by atoms with E-state index >= 15 is 0 Å². The second kappa shape index (κ2) is 8.57. The van der Waals surface area contributed by atoms with Crippen LogP contribution in [0.25, 0.3) is 0 Å². The van der Waals surface area contributed by atoms with Gasteiger partial charge in [-0.3, -0.25) is 0 Å². The molecule has 1 heterocycles. The minimum Gasteiger partial charge on any atom is -0.185 e. The van der Waals surface area contributed by atoms with Crippen molar-refractivity contribution >= 4 is 45.7 Å². The largest absolute Gasteiger partial charge is 0.185 e. The molecule has 1 aromatic rings. The van der Waals surface area contributed by atoms with E-state index in [2.05, 4.69) is 109 Å². The normalized spacial score (nSPS) is 16.3. The molecule has 108 valence electrons. The van der Waals surface area contributed by atoms with Crippen LogP contribution in [0.2, 0.25) is 0 Å². The molecule has 3 nitrogen and oxygen atoms in total. The quantitative estimate of drug-likeness (QED) is 0.340. The summed E-state index contributed by atoms with van der Waals surface area (Å²) in [4.78, 5) is 0. The van der Waals surface area contributed by atoms with Crippen molar-refractivity contribution in [2.75, 3.05) is 0 Å². The Hall–Kier alpha value is 1.32. The van der Waals surface area contributed by atoms with Gasteiger partial charge in [0.1, 0.15) is 0 Å². The zero-order valence-electron chi connectivity index (χ0n) is 11.1. The van der Waals surface area contributed by atoms with Crippen molar-refractivity contribution in [2.24, 2.45) is 7.05 Å². The molecule has 0 aromatic carbocycles. The zero-order valence-corrected chi connectivity index (χ0v) is 17.6. The predicted octanol–water partition coefficient (Wildman–Crippen LogP) is 4.42. The van der Waals surface area contributed by atoms with Gasteiger partial charge in [0.05, 0.1) is 0 Å². The predicted molar refractivity (Wildman–Crippen MR) is 89.2 cm³/mol. The fourth-order valence-electron chi connectivity index (χ4n) is 1.94. The molecule has 1 aliphatic rings. The van der Waals surface area contributed by atoms with Crippen LogP contribution in [0.15, 0.2) is 12.4 Å². The van der Waals surface area contributed by atoms with Crippen LogP contribution >= 0.6 is 45.7 Å². The molecule has 0 saturated heterocycles. The van der Waals surface area contributed by atoms with Crippen LogP contribution in [0.3, 0.4) is 0 Å². The molecule has 0 unspecified atom stereocenters. The first-order valence-electron chi connectivity index (χ1n) is 6.23. The van der Waals surface area contributed by atoms with Gasteiger partial charge in [-0.05, 0) is 12.8 Å². The molecule has 0 bridgehead atoms. The van der Waals surface area contributed by atoms with Gasteiger partial charge >= 0.3 is 71.6 Å². The fraction of sp³-hybridized carbons (Fsp3) is 0.750. The molecule has 1 aromatic heterocycles. The van der Waals surface area contributed by atoms with Crippen LogP contribution in [0, 0.1) is 3.80 Å². The molecular formula is C12H21I2N3Pt. The number of aryl methyl sites for hydroxylation is 1. The Bertz CT molecular complexity index is 406. The SMILES string of the molecule is CC(C)n1ccn(C)[c]1=[Pt].IN(I)C1CCCC1. The van der Waals surface area contributed by atoms with E-state index in [0.717, 1.165) is 6.04 Å². The van der Waals surface area contributed by atoms with Crippen molar-refractivity contribution in [1.29, 1.82) is 0 Å². The van der Waals surface area contributed by atoms with Crippen LogP contribution in [-0.4, -0.2) is 16.5 Å². The summed E-state index contributed by atoms with van der Waals surface area (Å²) < 4.78 is 7.90. The molecule has 0 atom stereocenters. The van der Waals surface area contributed by atoms with E-state index in [1.165, 1.54) is 29.5 Å². The number of halogens is 2. The summed E-state index contributed by atoms with van der Waals surface area (Å²) in [5.74, 6) is 0. The van der Waals surface area contributed by atoms with E-state index in [1.54, 1.807) is 0 Å². The van der Waals surface area contributed by atoms with Crippen LogP contribution < -0.4 is 0 Å². The molecule has 0 aliphatic heterocycles. The van der Waals surface area contributed by atoms with E-state index in [1.807, 2.05) is 0 Å². The zero-order chi connectivity index (χ0) is 13.7. The molecule has 0 spiro atoms. The Morgan fingerprint density at radius 1 is 1.28 bits per heavy atom. The summed E-state index contributed by atoms with van der Waals surface area (Å²) in [6.45, 7) is 4.37. The van der Waals surface area contributed by atoms with Gasteiger partial charge in [-0.2, -0.15) is 1.33 Å². The Labute approximate surface area is 149 Å². The number of nitrogens with zero attached hydrogens (tertiary/aromatic N) is 3. The number of hydrogen-bond acceptors (Lipinski definition) is 1. The molecule has 2 rings (SSSR count). The summed E-state index contributed by atoms with van der Waals surface area (Å²) in [6, 6.07) is 1.44. The standard InChI is InChI=1S/C7H12N2.C5H9I2N.Pt/c1-7(2)9-5-4-8(3)6-9;6-8(7)5-3-1-2-4-5;/h4-5,7H,1-3H3;5H,1-4H2;. The summed E-state index contributed by atoms with van der Waals surface area (Å²) in [5, 5.41) is 0. The molecule has 1 aliphatic carbocycles. The van der Waals surface area contributed by atoms with Gasteiger partial charge in [-0.25, -0.2) is 0 Å². The van der Waals surface area contributed by atoms with Crippen molar-refractivity contribution in [1.82, 2.24) is 10.5 Å². The molecule has 0 amide bonds. The van der Waals surface area contributed by atoms with Crippen molar-refractivity contribution < 1.29 is 19.4 Å². The van der Waals surface area contributed by atoms with Gasteiger partial charge in [0.25, 0.3) is 0 Å². The summed E-state index contributed by atoms with van der Waals surface area (Å²) in [6.07, 6.45) is 9.87. The van der Waals surface area contributed by atoms with Crippen LogP contribution in [-0.2, 0) is 26.4 Å². The third kappa shape index (κ3) is 5.37. The number of hydrogen-bond donors (Lipinski definition) is 0.